The van der Waals surface area contributed by atoms with Crippen LogP contribution in [0.3, 0.4) is 0 Å². The molecule has 4 rings (SSSR count). The average Bonchev–Trinajstić information content (AvgIpc) is 3.30. The molecule has 9 heteroatoms. The Bertz CT molecular complexity index is 1230. The Morgan fingerprint density at radius 2 is 2.00 bits per heavy atom. The molecular weight excluding hydrogens is 426 g/mol. The maximum absolute atomic E-state index is 12.3. The lowest BCUT2D eigenvalue weighted by atomic mass is 10.1. The van der Waals surface area contributed by atoms with Crippen molar-refractivity contribution in [3.8, 4) is 11.3 Å². The second-order valence-electron chi connectivity index (χ2n) is 6.39. The molecule has 1 aliphatic heterocycles. The normalized spacial score (nSPS) is 16.3. The Balaban J connectivity index is 1.56. The Labute approximate surface area is 180 Å². The predicted octanol–water partition coefficient (Wildman–Crippen LogP) is 5.71. The van der Waals surface area contributed by atoms with Crippen LogP contribution in [0.5, 0.6) is 0 Å². The molecule has 1 fully saturated rings. The number of amidine groups is 1. The number of nitrogens with one attached hydrogen (secondary N) is 1. The van der Waals surface area contributed by atoms with Gasteiger partial charge in [0, 0.05) is 23.3 Å². The van der Waals surface area contributed by atoms with E-state index in [1.165, 1.54) is 17.8 Å². The maximum Gasteiger partial charge on any atom is 0.272 e. The monoisotopic (exact) mass is 439 g/mol. The Morgan fingerprint density at radius 3 is 2.73 bits per heavy atom. The lowest BCUT2D eigenvalue weighted by Gasteiger charge is -2.00. The van der Waals surface area contributed by atoms with Crippen LogP contribution in [0.1, 0.15) is 11.3 Å². The van der Waals surface area contributed by atoms with E-state index in [9.17, 15) is 14.9 Å². The van der Waals surface area contributed by atoms with E-state index in [-0.39, 0.29) is 11.6 Å². The summed E-state index contributed by atoms with van der Waals surface area (Å²) in [4.78, 5) is 27.6. The summed E-state index contributed by atoms with van der Waals surface area (Å²) in [5, 5.41) is 14.6. The number of carbonyl (C=O) groups excluding carboxylic acids is 1. The number of nitrogens with zero attached hydrogens (tertiary/aromatic N) is 2. The summed E-state index contributed by atoms with van der Waals surface area (Å²) in [6, 6.07) is 15.4. The van der Waals surface area contributed by atoms with Crippen LogP contribution in [0.4, 0.5) is 11.4 Å². The van der Waals surface area contributed by atoms with Crippen LogP contribution in [-0.2, 0) is 4.79 Å². The molecule has 1 N–H and O–H groups in total. The molecule has 150 valence electrons. The smallest absolute Gasteiger partial charge is 0.272 e. The van der Waals surface area contributed by atoms with Crippen LogP contribution < -0.4 is 5.32 Å². The highest BCUT2D eigenvalue weighted by Crippen LogP contribution is 2.32. The quantitative estimate of drug-likeness (QED) is 0.319. The van der Waals surface area contributed by atoms with Gasteiger partial charge in [0.1, 0.15) is 11.5 Å². The van der Waals surface area contributed by atoms with Crippen molar-refractivity contribution < 1.29 is 14.1 Å². The molecular formula is C21H14ClN3O4S. The number of benzene rings is 2. The van der Waals surface area contributed by atoms with Crippen LogP contribution in [0.2, 0.25) is 5.02 Å². The zero-order valence-electron chi connectivity index (χ0n) is 15.6. The number of aryl methyl sites for hydroxylation is 1. The molecule has 0 spiro atoms. The molecule has 0 radical (unpaired) electrons. The molecule has 2 aromatic carbocycles. The van der Waals surface area contributed by atoms with E-state index in [0.717, 1.165) is 0 Å². The zero-order chi connectivity index (χ0) is 21.3. The minimum absolute atomic E-state index is 0.0528. The summed E-state index contributed by atoms with van der Waals surface area (Å²) >= 11 is 7.30. The number of thioether (sulfide) groups is 1. The molecule has 0 bridgehead atoms. The first-order valence-electron chi connectivity index (χ1n) is 8.80. The number of furan rings is 1. The molecule has 2 heterocycles. The zero-order valence-corrected chi connectivity index (χ0v) is 17.2. The minimum Gasteiger partial charge on any atom is -0.457 e. The summed E-state index contributed by atoms with van der Waals surface area (Å²) in [7, 11) is 0. The SMILES string of the molecule is Cc1cc(-c2ccc(C=C3SC(=Nc4ccccc4Cl)NC3=O)o2)ccc1[N+](=O)[O-]. The van der Waals surface area contributed by atoms with Gasteiger partial charge >= 0.3 is 0 Å². The van der Waals surface area contributed by atoms with Crippen LogP contribution in [0, 0.1) is 17.0 Å². The molecule has 1 aliphatic rings. The van der Waals surface area contributed by atoms with Crippen molar-refractivity contribution in [2.45, 2.75) is 6.92 Å². The number of aliphatic imine (C=N–C) groups is 1. The maximum atomic E-state index is 12.3. The van der Waals surface area contributed by atoms with Crippen molar-refractivity contribution in [1.29, 1.82) is 0 Å². The third-order valence-corrected chi connectivity index (χ3v) is 5.53. The highest BCUT2D eigenvalue weighted by atomic mass is 35.5. The van der Waals surface area contributed by atoms with Crippen LogP contribution in [0.15, 0.2) is 68.9 Å². The van der Waals surface area contributed by atoms with Crippen molar-refractivity contribution in [2.24, 2.45) is 4.99 Å². The molecule has 3 aromatic rings. The van der Waals surface area contributed by atoms with E-state index in [1.807, 2.05) is 6.07 Å². The predicted molar refractivity (Wildman–Crippen MR) is 118 cm³/mol. The number of halogens is 1. The van der Waals surface area contributed by atoms with Gasteiger partial charge in [0.25, 0.3) is 11.6 Å². The van der Waals surface area contributed by atoms with Crippen molar-refractivity contribution >= 4 is 51.9 Å². The molecule has 0 saturated carbocycles. The second-order valence-corrected chi connectivity index (χ2v) is 7.83. The lowest BCUT2D eigenvalue weighted by molar-refractivity contribution is -0.385. The van der Waals surface area contributed by atoms with Gasteiger partial charge in [-0.1, -0.05) is 23.7 Å². The van der Waals surface area contributed by atoms with E-state index >= 15 is 0 Å². The van der Waals surface area contributed by atoms with Gasteiger partial charge in [-0.2, -0.15) is 0 Å². The molecule has 7 nitrogen and oxygen atoms in total. The number of hydrogen-bond donors (Lipinski definition) is 1. The third-order valence-electron chi connectivity index (χ3n) is 4.30. The first kappa shape index (κ1) is 19.9. The van der Waals surface area contributed by atoms with E-state index in [4.69, 9.17) is 16.0 Å². The van der Waals surface area contributed by atoms with Crippen LogP contribution >= 0.6 is 23.4 Å². The van der Waals surface area contributed by atoms with E-state index in [1.54, 1.807) is 55.5 Å². The number of nitro benzene ring substituents is 1. The molecule has 1 amide bonds. The summed E-state index contributed by atoms with van der Waals surface area (Å²) in [5.74, 6) is 0.751. The molecule has 30 heavy (non-hydrogen) atoms. The van der Waals surface area contributed by atoms with Crippen molar-refractivity contribution in [1.82, 2.24) is 5.32 Å². The van der Waals surface area contributed by atoms with E-state index in [2.05, 4.69) is 10.3 Å². The topological polar surface area (TPSA) is 97.7 Å². The molecule has 1 saturated heterocycles. The molecule has 0 unspecified atom stereocenters. The number of carbonyl (C=O) groups is 1. The summed E-state index contributed by atoms with van der Waals surface area (Å²) < 4.78 is 5.81. The first-order chi connectivity index (χ1) is 14.4. The fraction of sp³-hybridized carbons (Fsp3) is 0.0476. The average molecular weight is 440 g/mol. The first-order valence-corrected chi connectivity index (χ1v) is 9.99. The molecule has 1 aromatic heterocycles. The summed E-state index contributed by atoms with van der Waals surface area (Å²) in [5.41, 5.74) is 1.88. The highest BCUT2D eigenvalue weighted by molar-refractivity contribution is 8.18. The van der Waals surface area contributed by atoms with Gasteiger partial charge in [-0.05, 0) is 55.1 Å². The fourth-order valence-electron chi connectivity index (χ4n) is 2.86. The van der Waals surface area contributed by atoms with Crippen LogP contribution in [-0.4, -0.2) is 16.0 Å². The minimum atomic E-state index is -0.422. The number of rotatable bonds is 4. The fourth-order valence-corrected chi connectivity index (χ4v) is 3.85. The highest BCUT2D eigenvalue weighted by Gasteiger charge is 2.24. The molecule has 0 atom stereocenters. The van der Waals surface area contributed by atoms with Gasteiger partial charge in [0.05, 0.1) is 20.5 Å². The van der Waals surface area contributed by atoms with Gasteiger partial charge in [0.2, 0.25) is 0 Å². The van der Waals surface area contributed by atoms with Crippen molar-refractivity contribution in [3.63, 3.8) is 0 Å². The number of para-hydroxylation sites is 1. The number of nitro groups is 1. The van der Waals surface area contributed by atoms with Crippen molar-refractivity contribution in [3.05, 3.63) is 86.0 Å². The van der Waals surface area contributed by atoms with E-state index in [0.29, 0.717) is 43.4 Å². The Kier molecular flexibility index (Phi) is 5.43. The van der Waals surface area contributed by atoms with Gasteiger partial charge in [-0.3, -0.25) is 14.9 Å². The Morgan fingerprint density at radius 1 is 1.20 bits per heavy atom. The van der Waals surface area contributed by atoms with Gasteiger partial charge < -0.3 is 9.73 Å². The second kappa shape index (κ2) is 8.17. The van der Waals surface area contributed by atoms with Gasteiger partial charge in [0.15, 0.2) is 5.17 Å². The lowest BCUT2D eigenvalue weighted by Crippen LogP contribution is -2.19. The van der Waals surface area contributed by atoms with Crippen LogP contribution in [0.25, 0.3) is 17.4 Å². The summed E-state index contributed by atoms with van der Waals surface area (Å²) in [6.45, 7) is 1.67. The van der Waals surface area contributed by atoms with Gasteiger partial charge in [-0.25, -0.2) is 4.99 Å². The molecule has 0 aliphatic carbocycles. The largest absolute Gasteiger partial charge is 0.457 e. The number of hydrogen-bond acceptors (Lipinski definition) is 6. The number of amides is 1. The third kappa shape index (κ3) is 4.14. The van der Waals surface area contributed by atoms with Gasteiger partial charge in [-0.15, -0.1) is 0 Å². The van der Waals surface area contributed by atoms with Crippen molar-refractivity contribution in [2.75, 3.05) is 0 Å². The van der Waals surface area contributed by atoms with E-state index < -0.39 is 4.92 Å². The Hall–Kier alpha value is -3.36. The standard InChI is InChI=1S/C21H14ClN3O4S/c1-12-10-13(6-8-17(12)25(27)28)18-9-7-14(29-18)11-19-20(26)24-21(30-19)23-16-5-3-2-4-15(16)22/h2-11H,1H3,(H,23,24,26). The summed E-state index contributed by atoms with van der Waals surface area (Å²) in [6.07, 6.45) is 1.62.